The molecule has 2 saturated heterocycles. The van der Waals surface area contributed by atoms with E-state index in [1.165, 1.54) is 58.3 Å². The van der Waals surface area contributed by atoms with Crippen LogP contribution < -0.4 is 0 Å². The van der Waals surface area contributed by atoms with Crippen molar-refractivity contribution < 1.29 is 0 Å². The summed E-state index contributed by atoms with van der Waals surface area (Å²) in [5.74, 6) is 0. The van der Waals surface area contributed by atoms with E-state index in [2.05, 4.69) is 34.7 Å². The lowest BCUT2D eigenvalue weighted by Crippen LogP contribution is -2.59. The molecule has 0 radical (unpaired) electrons. The summed E-state index contributed by atoms with van der Waals surface area (Å²) in [5.41, 5.74) is 0. The molecule has 0 aromatic rings. The molecule has 2 nitrogen and oxygen atoms in total. The number of thioether (sulfide) groups is 1. The van der Waals surface area contributed by atoms with E-state index in [9.17, 15) is 0 Å². The number of nitrogens with zero attached hydrogens (tertiary/aromatic N) is 2. The molecular weight excluding hydrogens is 228 g/mol. The predicted octanol–water partition coefficient (Wildman–Crippen LogP) is 2.44. The fourth-order valence-electron chi connectivity index (χ4n) is 3.57. The van der Waals surface area contributed by atoms with Crippen molar-refractivity contribution in [1.29, 1.82) is 0 Å². The fourth-order valence-corrected chi connectivity index (χ4v) is 4.37. The molecule has 0 spiro atoms. The van der Waals surface area contributed by atoms with Crippen molar-refractivity contribution in [2.75, 3.05) is 32.4 Å². The van der Waals surface area contributed by atoms with Crippen molar-refractivity contribution in [2.45, 2.75) is 55.9 Å². The van der Waals surface area contributed by atoms with Crippen molar-refractivity contribution in [2.24, 2.45) is 0 Å². The zero-order valence-corrected chi connectivity index (χ0v) is 12.1. The summed E-state index contributed by atoms with van der Waals surface area (Å²) < 4.78 is 0.644. The van der Waals surface area contributed by atoms with Crippen LogP contribution in [0.5, 0.6) is 0 Å². The lowest BCUT2D eigenvalue weighted by Gasteiger charge is -2.48. The van der Waals surface area contributed by atoms with Gasteiger partial charge in [0.05, 0.1) is 0 Å². The molecule has 0 bridgehead atoms. The van der Waals surface area contributed by atoms with Gasteiger partial charge in [-0.05, 0) is 45.4 Å². The Balaban J connectivity index is 1.61. The third kappa shape index (κ3) is 2.52. The molecule has 3 rings (SSSR count). The summed E-state index contributed by atoms with van der Waals surface area (Å²) in [5, 5.41) is 0. The van der Waals surface area contributed by atoms with Gasteiger partial charge < -0.3 is 0 Å². The highest BCUT2D eigenvalue weighted by Crippen LogP contribution is 2.48. The van der Waals surface area contributed by atoms with E-state index < -0.39 is 0 Å². The first-order valence-electron chi connectivity index (χ1n) is 7.26. The number of piperidine rings is 1. The Morgan fingerprint density at radius 1 is 1.24 bits per heavy atom. The highest BCUT2D eigenvalue weighted by molar-refractivity contribution is 8.00. The topological polar surface area (TPSA) is 6.48 Å². The summed E-state index contributed by atoms with van der Waals surface area (Å²) in [7, 11) is 0. The molecule has 2 heterocycles. The lowest BCUT2D eigenvalue weighted by molar-refractivity contribution is 0.0148. The third-order valence-electron chi connectivity index (χ3n) is 5.05. The first-order valence-corrected chi connectivity index (χ1v) is 8.48. The lowest BCUT2D eigenvalue weighted by atomic mass is 9.97. The molecule has 98 valence electrons. The van der Waals surface area contributed by atoms with Gasteiger partial charge in [0.15, 0.2) is 0 Å². The van der Waals surface area contributed by atoms with Crippen LogP contribution in [0.3, 0.4) is 0 Å². The van der Waals surface area contributed by atoms with Crippen LogP contribution in [0.15, 0.2) is 0 Å². The van der Waals surface area contributed by atoms with Gasteiger partial charge in [-0.25, -0.2) is 0 Å². The molecular formula is C14H26N2S. The monoisotopic (exact) mass is 254 g/mol. The summed E-state index contributed by atoms with van der Waals surface area (Å²) in [6, 6.07) is 1.64. The van der Waals surface area contributed by atoms with Crippen LogP contribution in [0.25, 0.3) is 0 Å². The molecule has 3 aliphatic rings. The molecule has 1 saturated carbocycles. The Morgan fingerprint density at radius 3 is 2.76 bits per heavy atom. The summed E-state index contributed by atoms with van der Waals surface area (Å²) in [6.45, 7) is 7.79. The number of hydrogen-bond donors (Lipinski definition) is 0. The maximum Gasteiger partial charge on any atom is 0.0285 e. The van der Waals surface area contributed by atoms with Gasteiger partial charge in [0, 0.05) is 36.5 Å². The third-order valence-corrected chi connectivity index (χ3v) is 6.45. The highest BCUT2D eigenvalue weighted by Gasteiger charge is 2.45. The van der Waals surface area contributed by atoms with Crippen molar-refractivity contribution >= 4 is 11.8 Å². The molecule has 1 aliphatic carbocycles. The number of piperazine rings is 1. The van der Waals surface area contributed by atoms with Crippen LogP contribution in [0.1, 0.15) is 39.0 Å². The Bertz CT molecular complexity index is 277. The van der Waals surface area contributed by atoms with Crippen molar-refractivity contribution in [3.8, 4) is 0 Å². The predicted molar refractivity (Wildman–Crippen MR) is 75.7 cm³/mol. The number of hydrogen-bond acceptors (Lipinski definition) is 3. The van der Waals surface area contributed by atoms with E-state index in [1.54, 1.807) is 0 Å². The minimum Gasteiger partial charge on any atom is -0.298 e. The van der Waals surface area contributed by atoms with Gasteiger partial charge in [-0.2, -0.15) is 11.8 Å². The molecule has 3 fully saturated rings. The Morgan fingerprint density at radius 2 is 2.06 bits per heavy atom. The molecule has 2 atom stereocenters. The minimum atomic E-state index is 0.644. The first-order chi connectivity index (χ1) is 8.22. The molecule has 0 aromatic heterocycles. The Hall–Kier alpha value is 0.270. The van der Waals surface area contributed by atoms with Gasteiger partial charge in [-0.15, -0.1) is 0 Å². The van der Waals surface area contributed by atoms with Gasteiger partial charge in [0.25, 0.3) is 0 Å². The molecule has 0 aromatic carbocycles. The zero-order valence-electron chi connectivity index (χ0n) is 11.3. The molecule has 0 N–H and O–H groups in total. The second-order valence-electron chi connectivity index (χ2n) is 6.31. The Kier molecular flexibility index (Phi) is 3.44. The first kappa shape index (κ1) is 12.3. The van der Waals surface area contributed by atoms with Gasteiger partial charge in [-0.3, -0.25) is 9.80 Å². The van der Waals surface area contributed by atoms with Gasteiger partial charge >= 0.3 is 0 Å². The second-order valence-corrected chi connectivity index (χ2v) is 7.58. The number of fused-ring (bicyclic) bond motifs is 1. The van der Waals surface area contributed by atoms with Crippen molar-refractivity contribution in [3.63, 3.8) is 0 Å². The largest absolute Gasteiger partial charge is 0.298 e. The summed E-state index contributed by atoms with van der Waals surface area (Å²) >= 11 is 2.11. The number of rotatable bonds is 3. The van der Waals surface area contributed by atoms with Crippen LogP contribution in [0.4, 0.5) is 0 Å². The van der Waals surface area contributed by atoms with E-state index >= 15 is 0 Å². The average molecular weight is 254 g/mol. The Labute approximate surface area is 110 Å². The highest BCUT2D eigenvalue weighted by atomic mass is 32.2. The maximum absolute atomic E-state index is 2.79. The van der Waals surface area contributed by atoms with E-state index in [-0.39, 0.29) is 0 Å². The normalized spacial score (nSPS) is 37.8. The smallest absolute Gasteiger partial charge is 0.0285 e. The van der Waals surface area contributed by atoms with Crippen LogP contribution in [-0.4, -0.2) is 59.1 Å². The minimum absolute atomic E-state index is 0.644. The van der Waals surface area contributed by atoms with Crippen LogP contribution in [0.2, 0.25) is 0 Å². The van der Waals surface area contributed by atoms with Gasteiger partial charge in [-0.1, -0.05) is 6.42 Å². The van der Waals surface area contributed by atoms with Crippen molar-refractivity contribution in [1.82, 2.24) is 9.80 Å². The van der Waals surface area contributed by atoms with E-state index in [1.807, 2.05) is 0 Å². The van der Waals surface area contributed by atoms with Crippen LogP contribution in [0, 0.1) is 0 Å². The quantitative estimate of drug-likeness (QED) is 0.764. The fraction of sp³-hybridized carbons (Fsp3) is 1.00. The van der Waals surface area contributed by atoms with Crippen LogP contribution in [-0.2, 0) is 0 Å². The molecule has 2 unspecified atom stereocenters. The van der Waals surface area contributed by atoms with Gasteiger partial charge in [0.2, 0.25) is 0 Å². The molecule has 0 amide bonds. The second kappa shape index (κ2) is 4.75. The van der Waals surface area contributed by atoms with E-state index in [0.717, 1.165) is 12.1 Å². The zero-order chi connectivity index (χ0) is 11.9. The maximum atomic E-state index is 2.79. The average Bonchev–Trinajstić information content (AvgIpc) is 3.11. The molecule has 3 heteroatoms. The van der Waals surface area contributed by atoms with Crippen molar-refractivity contribution in [3.05, 3.63) is 0 Å². The van der Waals surface area contributed by atoms with E-state index in [4.69, 9.17) is 0 Å². The van der Waals surface area contributed by atoms with E-state index in [0.29, 0.717) is 4.75 Å². The van der Waals surface area contributed by atoms with Crippen LogP contribution >= 0.6 is 11.8 Å². The molecule has 2 aliphatic heterocycles. The standard InChI is InChI=1S/C14H26N2S/c1-12-9-15-8-4-3-5-13(15)10-16(12)11-14(17-2)6-7-14/h12-13H,3-11H2,1-2H3. The summed E-state index contributed by atoms with van der Waals surface area (Å²) in [6.07, 6.45) is 9.52. The van der Waals surface area contributed by atoms with Gasteiger partial charge in [0.1, 0.15) is 0 Å². The SMILES string of the molecule is CSC1(CN2CC3CCCCN3CC2C)CC1. The summed E-state index contributed by atoms with van der Waals surface area (Å²) in [4.78, 5) is 5.54. The molecule has 17 heavy (non-hydrogen) atoms.